The standard InChI is InChI=1S/C13H13NO4.C9H7NO/c1-13(2)17-11(15)10(12(16)18-13)8-14-9-6-4-3-5-7-9;11-9-5-6-10-8-4-2-1-3-7(8)9/h3-8,14H,1-2H3;1-6H,(H,10,11)/i8D;6D. The first-order valence-electron chi connectivity index (χ1n) is 9.74. The van der Waals surface area contributed by atoms with Crippen LogP contribution in [-0.2, 0) is 19.1 Å². The molecular weight excluding hydrogens is 372 g/mol. The molecule has 3 aromatic rings. The van der Waals surface area contributed by atoms with Gasteiger partial charge in [0.2, 0.25) is 0 Å². The summed E-state index contributed by atoms with van der Waals surface area (Å²) < 4.78 is 24.9. The van der Waals surface area contributed by atoms with Crippen molar-refractivity contribution in [1.29, 1.82) is 0 Å². The topological polar surface area (TPSA) is 97.5 Å². The minimum atomic E-state index is -1.30. The molecule has 0 bridgehead atoms. The molecule has 7 heteroatoms. The van der Waals surface area contributed by atoms with Crippen molar-refractivity contribution in [1.82, 2.24) is 4.98 Å². The van der Waals surface area contributed by atoms with E-state index in [1.807, 2.05) is 12.1 Å². The van der Waals surface area contributed by atoms with Crippen LogP contribution in [0.5, 0.6) is 0 Å². The molecule has 1 fully saturated rings. The van der Waals surface area contributed by atoms with E-state index in [1.54, 1.807) is 42.5 Å². The Hall–Kier alpha value is -3.87. The molecule has 0 radical (unpaired) electrons. The summed E-state index contributed by atoms with van der Waals surface area (Å²) >= 11 is 0. The van der Waals surface area contributed by atoms with Crippen molar-refractivity contribution < 1.29 is 21.8 Å². The summed E-state index contributed by atoms with van der Waals surface area (Å²) in [6.07, 6.45) is -0.199. The molecule has 0 aliphatic carbocycles. The van der Waals surface area contributed by atoms with Gasteiger partial charge in [-0.25, -0.2) is 9.59 Å². The summed E-state index contributed by atoms with van der Waals surface area (Å²) in [6.45, 7) is 2.90. The first kappa shape index (κ1) is 17.2. The van der Waals surface area contributed by atoms with E-state index >= 15 is 0 Å². The summed E-state index contributed by atoms with van der Waals surface area (Å²) in [4.78, 5) is 37.5. The third-order valence-corrected chi connectivity index (χ3v) is 3.79. The summed E-state index contributed by atoms with van der Waals surface area (Å²) in [7, 11) is 0. The molecule has 1 aliphatic heterocycles. The quantitative estimate of drug-likeness (QED) is 0.393. The SMILES string of the molecule is [2H]C(Nc1ccccc1)=C1C(=O)OC(C)(C)OC1=O.[2H]c1cc(=O)c2ccccc2[nH]1. The van der Waals surface area contributed by atoms with Gasteiger partial charge in [0.15, 0.2) is 11.0 Å². The lowest BCUT2D eigenvalue weighted by atomic mass is 10.2. The lowest BCUT2D eigenvalue weighted by Gasteiger charge is -2.29. The maximum atomic E-state index is 11.7. The molecule has 148 valence electrons. The number of fused-ring (bicyclic) bond motifs is 1. The third-order valence-electron chi connectivity index (χ3n) is 3.79. The Labute approximate surface area is 169 Å². The number of rotatable bonds is 2. The van der Waals surface area contributed by atoms with Gasteiger partial charge in [-0.1, -0.05) is 30.3 Å². The van der Waals surface area contributed by atoms with Gasteiger partial charge >= 0.3 is 11.9 Å². The molecule has 2 N–H and O–H groups in total. The molecule has 0 atom stereocenters. The minimum Gasteiger partial charge on any atom is -0.419 e. The van der Waals surface area contributed by atoms with E-state index in [0.29, 0.717) is 11.1 Å². The summed E-state index contributed by atoms with van der Waals surface area (Å²) in [6, 6.07) is 17.2. The predicted octanol–water partition coefficient (Wildman–Crippen LogP) is 3.35. The Morgan fingerprint density at radius 1 is 0.966 bits per heavy atom. The molecule has 0 spiro atoms. The van der Waals surface area contributed by atoms with E-state index in [1.165, 1.54) is 19.9 Å². The van der Waals surface area contributed by atoms with E-state index in [4.69, 9.17) is 12.2 Å². The highest BCUT2D eigenvalue weighted by atomic mass is 16.7. The predicted molar refractivity (Wildman–Crippen MR) is 109 cm³/mol. The number of hydrogen-bond donors (Lipinski definition) is 2. The first-order valence-corrected chi connectivity index (χ1v) is 8.74. The minimum absolute atomic E-state index is 0.102. The monoisotopic (exact) mass is 394 g/mol. The van der Waals surface area contributed by atoms with Crippen molar-refractivity contribution in [2.75, 3.05) is 5.32 Å². The van der Waals surface area contributed by atoms with E-state index in [0.717, 1.165) is 5.52 Å². The van der Waals surface area contributed by atoms with Gasteiger partial charge in [0.05, 0.1) is 2.74 Å². The molecule has 1 aliphatic rings. The number of hydrogen-bond acceptors (Lipinski definition) is 6. The number of anilines is 1. The number of nitrogens with one attached hydrogen (secondary N) is 2. The van der Waals surface area contributed by atoms with E-state index < -0.39 is 23.3 Å². The van der Waals surface area contributed by atoms with Crippen molar-refractivity contribution in [2.24, 2.45) is 0 Å². The van der Waals surface area contributed by atoms with E-state index in [9.17, 15) is 14.4 Å². The molecule has 1 aromatic heterocycles. The fourth-order valence-electron chi connectivity index (χ4n) is 2.48. The fourth-order valence-corrected chi connectivity index (χ4v) is 2.48. The fraction of sp³-hybridized carbons (Fsp3) is 0.136. The second kappa shape index (κ2) is 8.43. The number of benzene rings is 2. The lowest BCUT2D eigenvalue weighted by Crippen LogP contribution is -2.42. The van der Waals surface area contributed by atoms with Crippen LogP contribution in [0, 0.1) is 0 Å². The number of aromatic nitrogens is 1. The Morgan fingerprint density at radius 3 is 2.28 bits per heavy atom. The molecule has 2 heterocycles. The van der Waals surface area contributed by atoms with Crippen LogP contribution in [0.3, 0.4) is 0 Å². The van der Waals surface area contributed by atoms with Gasteiger partial charge in [-0.3, -0.25) is 4.79 Å². The number of H-pyrrole nitrogens is 1. The van der Waals surface area contributed by atoms with Crippen LogP contribution >= 0.6 is 0 Å². The van der Waals surface area contributed by atoms with Crippen LogP contribution in [0.1, 0.15) is 16.6 Å². The van der Waals surface area contributed by atoms with Gasteiger partial charge in [0.25, 0.3) is 5.79 Å². The van der Waals surface area contributed by atoms with Crippen LogP contribution in [-0.4, -0.2) is 22.7 Å². The van der Waals surface area contributed by atoms with Gasteiger partial charge in [0, 0.05) is 48.9 Å². The van der Waals surface area contributed by atoms with Gasteiger partial charge in [-0.05, 0) is 24.3 Å². The Kier molecular flexibility index (Phi) is 5.01. The number of cyclic esters (lactones) is 2. The van der Waals surface area contributed by atoms with Crippen molar-refractivity contribution in [3.63, 3.8) is 0 Å². The number of carbonyl (C=O) groups is 2. The summed E-state index contributed by atoms with van der Waals surface area (Å²) in [5, 5.41) is 3.28. The van der Waals surface area contributed by atoms with Crippen molar-refractivity contribution >= 4 is 28.5 Å². The highest BCUT2D eigenvalue weighted by Gasteiger charge is 2.38. The zero-order chi connectivity index (χ0) is 22.6. The Bertz CT molecular complexity index is 1200. The maximum absolute atomic E-state index is 11.7. The molecular formula is C22H20N2O5. The molecule has 0 amide bonds. The zero-order valence-corrected chi connectivity index (χ0v) is 15.8. The molecule has 29 heavy (non-hydrogen) atoms. The van der Waals surface area contributed by atoms with E-state index in [-0.39, 0.29) is 17.8 Å². The van der Waals surface area contributed by atoms with Gasteiger partial charge in [-0.2, -0.15) is 0 Å². The van der Waals surface area contributed by atoms with Crippen LogP contribution in [0.15, 0.2) is 83.4 Å². The normalized spacial score (nSPS) is 15.9. The van der Waals surface area contributed by atoms with Gasteiger partial charge in [-0.15, -0.1) is 0 Å². The van der Waals surface area contributed by atoms with Crippen molar-refractivity contribution in [2.45, 2.75) is 19.6 Å². The first-order chi connectivity index (χ1) is 14.7. The van der Waals surface area contributed by atoms with Crippen LogP contribution in [0.25, 0.3) is 10.9 Å². The lowest BCUT2D eigenvalue weighted by molar-refractivity contribution is -0.222. The molecule has 7 nitrogen and oxygen atoms in total. The molecule has 0 saturated carbocycles. The highest BCUT2D eigenvalue weighted by molar-refractivity contribution is 6.15. The second-order valence-electron chi connectivity index (χ2n) is 6.49. The van der Waals surface area contributed by atoms with Gasteiger partial charge in [0.1, 0.15) is 0 Å². The molecule has 1 saturated heterocycles. The van der Waals surface area contributed by atoms with Crippen LogP contribution in [0.4, 0.5) is 5.69 Å². The Balaban J connectivity index is 0.000000194. The maximum Gasteiger partial charge on any atom is 0.350 e. The largest absolute Gasteiger partial charge is 0.419 e. The van der Waals surface area contributed by atoms with Crippen LogP contribution in [0.2, 0.25) is 0 Å². The number of carbonyl (C=O) groups excluding carboxylic acids is 2. The van der Waals surface area contributed by atoms with Crippen LogP contribution < -0.4 is 10.7 Å². The summed E-state index contributed by atoms with van der Waals surface area (Å²) in [5.41, 5.74) is 0.762. The molecule has 4 rings (SSSR count). The number of para-hydroxylation sites is 2. The number of aromatic amines is 1. The average Bonchev–Trinajstić information content (AvgIpc) is 2.67. The zero-order valence-electron chi connectivity index (χ0n) is 17.8. The Morgan fingerprint density at radius 2 is 1.59 bits per heavy atom. The highest BCUT2D eigenvalue weighted by Crippen LogP contribution is 2.22. The van der Waals surface area contributed by atoms with Gasteiger partial charge < -0.3 is 19.8 Å². The molecule has 2 aromatic carbocycles. The number of pyridine rings is 1. The van der Waals surface area contributed by atoms with Crippen molar-refractivity contribution in [3.05, 3.63) is 88.8 Å². The average molecular weight is 394 g/mol. The van der Waals surface area contributed by atoms with Crippen molar-refractivity contribution in [3.8, 4) is 0 Å². The number of ether oxygens (including phenoxy) is 2. The number of esters is 2. The van der Waals surface area contributed by atoms with E-state index in [2.05, 4.69) is 10.3 Å². The molecule has 0 unspecified atom stereocenters. The summed E-state index contributed by atoms with van der Waals surface area (Å²) in [5.74, 6) is -3.03. The second-order valence-corrected chi connectivity index (χ2v) is 6.49. The third kappa shape index (κ3) is 5.10. The smallest absolute Gasteiger partial charge is 0.350 e.